The van der Waals surface area contributed by atoms with E-state index >= 15 is 0 Å². The molecule has 2 heteroatoms. The van der Waals surface area contributed by atoms with Crippen molar-refractivity contribution in [2.24, 2.45) is 0 Å². The van der Waals surface area contributed by atoms with E-state index in [1.54, 1.807) is 0 Å². The summed E-state index contributed by atoms with van der Waals surface area (Å²) in [4.78, 5) is 0. The van der Waals surface area contributed by atoms with Crippen molar-refractivity contribution in [3.8, 4) is 0 Å². The molecule has 2 N–H and O–H groups in total. The molecule has 2 rings (SSSR count). The summed E-state index contributed by atoms with van der Waals surface area (Å²) in [6.45, 7) is 8.50. The van der Waals surface area contributed by atoms with Crippen LogP contribution in [0.2, 0.25) is 0 Å². The predicted molar refractivity (Wildman–Crippen MR) is 122 cm³/mol. The Morgan fingerprint density at radius 1 is 0.786 bits per heavy atom. The van der Waals surface area contributed by atoms with Gasteiger partial charge in [0.1, 0.15) is 6.10 Å². The van der Waals surface area contributed by atoms with Gasteiger partial charge in [0.2, 0.25) is 0 Å². The maximum atomic E-state index is 10.6. The monoisotopic (exact) mass is 379 g/mol. The smallest absolute Gasteiger partial charge is 0.118 e. The fraction of sp³-hybridized carbons (Fsp3) is 0.462. The van der Waals surface area contributed by atoms with E-state index in [4.69, 9.17) is 0 Å². The summed E-state index contributed by atoms with van der Waals surface area (Å²) in [5.74, 6) is 0. The predicted octanol–water partition coefficient (Wildman–Crippen LogP) is 7.20. The van der Waals surface area contributed by atoms with Crippen molar-refractivity contribution < 1.29 is 5.11 Å². The van der Waals surface area contributed by atoms with Gasteiger partial charge in [-0.2, -0.15) is 0 Å². The Bertz CT molecular complexity index is 687. The highest BCUT2D eigenvalue weighted by atomic mass is 16.3. The molecule has 0 aliphatic heterocycles. The lowest BCUT2D eigenvalue weighted by Crippen LogP contribution is -2.09. The van der Waals surface area contributed by atoms with Crippen LogP contribution in [-0.4, -0.2) is 5.11 Å². The molecule has 152 valence electrons. The first-order chi connectivity index (χ1) is 13.6. The standard InChI is InChI=1S/C26H37NO/c1-4-6-8-10-12-23-15-19-25(20-16-23)27-21(3)26(28)24-17-13-22(14-18-24)11-9-7-5-2/h13-20,26-28H,3-12H2,1-2H3. The van der Waals surface area contributed by atoms with Crippen molar-refractivity contribution in [2.75, 3.05) is 5.32 Å². The van der Waals surface area contributed by atoms with Gasteiger partial charge in [-0.05, 0) is 54.5 Å². The topological polar surface area (TPSA) is 32.3 Å². The molecule has 0 bridgehead atoms. The number of hydrogen-bond acceptors (Lipinski definition) is 2. The van der Waals surface area contributed by atoms with Gasteiger partial charge in [0.15, 0.2) is 0 Å². The number of aryl methyl sites for hydroxylation is 2. The van der Waals surface area contributed by atoms with Gasteiger partial charge in [-0.15, -0.1) is 0 Å². The summed E-state index contributed by atoms with van der Waals surface area (Å²) in [6.07, 6.45) is 10.4. The zero-order valence-electron chi connectivity index (χ0n) is 17.7. The number of anilines is 1. The molecule has 0 saturated heterocycles. The molecule has 2 aromatic rings. The van der Waals surface area contributed by atoms with Gasteiger partial charge in [-0.1, -0.05) is 88.9 Å². The molecule has 28 heavy (non-hydrogen) atoms. The summed E-state index contributed by atoms with van der Waals surface area (Å²) >= 11 is 0. The molecule has 1 atom stereocenters. The molecule has 0 fully saturated rings. The number of hydrogen-bond donors (Lipinski definition) is 2. The molecule has 0 radical (unpaired) electrons. The molecule has 0 spiro atoms. The van der Waals surface area contributed by atoms with E-state index in [-0.39, 0.29) is 0 Å². The third-order valence-corrected chi connectivity index (χ3v) is 5.27. The van der Waals surface area contributed by atoms with E-state index in [1.165, 1.54) is 56.1 Å². The van der Waals surface area contributed by atoms with Crippen LogP contribution in [0.25, 0.3) is 0 Å². The van der Waals surface area contributed by atoms with E-state index in [9.17, 15) is 5.11 Å². The second-order valence-electron chi connectivity index (χ2n) is 7.76. The largest absolute Gasteiger partial charge is 0.382 e. The van der Waals surface area contributed by atoms with Crippen LogP contribution in [0.15, 0.2) is 60.8 Å². The second-order valence-corrected chi connectivity index (χ2v) is 7.76. The number of benzene rings is 2. The molecule has 1 unspecified atom stereocenters. The molecule has 0 aromatic heterocycles. The lowest BCUT2D eigenvalue weighted by atomic mass is 10.0. The molecular weight excluding hydrogens is 342 g/mol. The lowest BCUT2D eigenvalue weighted by molar-refractivity contribution is 0.217. The van der Waals surface area contributed by atoms with Crippen LogP contribution in [0.5, 0.6) is 0 Å². The van der Waals surface area contributed by atoms with Crippen molar-refractivity contribution in [2.45, 2.75) is 77.7 Å². The van der Waals surface area contributed by atoms with Gasteiger partial charge < -0.3 is 10.4 Å². The molecular formula is C26H37NO. The first-order valence-corrected chi connectivity index (χ1v) is 11.0. The minimum Gasteiger partial charge on any atom is -0.382 e. The van der Waals surface area contributed by atoms with Gasteiger partial charge >= 0.3 is 0 Å². The lowest BCUT2D eigenvalue weighted by Gasteiger charge is -2.17. The Morgan fingerprint density at radius 2 is 1.29 bits per heavy atom. The maximum Gasteiger partial charge on any atom is 0.118 e. The van der Waals surface area contributed by atoms with Crippen molar-refractivity contribution in [1.29, 1.82) is 0 Å². The molecule has 0 aliphatic carbocycles. The number of aliphatic hydroxyl groups is 1. The van der Waals surface area contributed by atoms with Crippen molar-refractivity contribution >= 4 is 5.69 Å². The van der Waals surface area contributed by atoms with Crippen molar-refractivity contribution in [3.05, 3.63) is 77.5 Å². The Balaban J connectivity index is 1.84. The highest BCUT2D eigenvalue weighted by molar-refractivity contribution is 5.50. The minimum absolute atomic E-state index is 0.606. The van der Waals surface area contributed by atoms with E-state index in [1.807, 2.05) is 12.1 Å². The third-order valence-electron chi connectivity index (χ3n) is 5.27. The molecule has 2 aromatic carbocycles. The average Bonchev–Trinajstić information content (AvgIpc) is 2.72. The van der Waals surface area contributed by atoms with Gasteiger partial charge in [0.25, 0.3) is 0 Å². The summed E-state index contributed by atoms with van der Waals surface area (Å²) < 4.78 is 0. The summed E-state index contributed by atoms with van der Waals surface area (Å²) in [5.41, 5.74) is 5.15. The Kier molecular flexibility index (Phi) is 9.85. The first kappa shape index (κ1) is 22.2. The third kappa shape index (κ3) is 7.52. The zero-order valence-corrected chi connectivity index (χ0v) is 17.7. The van der Waals surface area contributed by atoms with Crippen LogP contribution < -0.4 is 5.32 Å². The highest BCUT2D eigenvalue weighted by Crippen LogP contribution is 2.23. The fourth-order valence-corrected chi connectivity index (χ4v) is 3.41. The average molecular weight is 380 g/mol. The second kappa shape index (κ2) is 12.4. The van der Waals surface area contributed by atoms with Gasteiger partial charge in [0.05, 0.1) is 0 Å². The molecule has 0 amide bonds. The SMILES string of the molecule is C=C(Nc1ccc(CCCCCC)cc1)C(O)c1ccc(CCCCC)cc1. The quantitative estimate of drug-likeness (QED) is 0.361. The van der Waals surface area contributed by atoms with E-state index in [0.717, 1.165) is 24.1 Å². The molecule has 0 heterocycles. The van der Waals surface area contributed by atoms with Gasteiger partial charge in [-0.25, -0.2) is 0 Å². The highest BCUT2D eigenvalue weighted by Gasteiger charge is 2.12. The van der Waals surface area contributed by atoms with Crippen LogP contribution in [0, 0.1) is 0 Å². The van der Waals surface area contributed by atoms with Crippen LogP contribution in [0.1, 0.15) is 81.6 Å². The Hall–Kier alpha value is -2.06. The Morgan fingerprint density at radius 3 is 1.86 bits per heavy atom. The normalized spacial score (nSPS) is 12.0. The van der Waals surface area contributed by atoms with Gasteiger partial charge in [-0.3, -0.25) is 0 Å². The number of rotatable bonds is 13. The Labute approximate surface area is 171 Å². The first-order valence-electron chi connectivity index (χ1n) is 11.0. The summed E-state index contributed by atoms with van der Waals surface area (Å²) in [7, 11) is 0. The van der Waals surface area contributed by atoms with Crippen LogP contribution >= 0.6 is 0 Å². The number of nitrogens with one attached hydrogen (secondary N) is 1. The van der Waals surface area contributed by atoms with E-state index < -0.39 is 6.10 Å². The maximum absolute atomic E-state index is 10.6. The minimum atomic E-state index is -0.710. The van der Waals surface area contributed by atoms with Crippen LogP contribution in [0.3, 0.4) is 0 Å². The number of aliphatic hydroxyl groups excluding tert-OH is 1. The van der Waals surface area contributed by atoms with E-state index in [2.05, 4.69) is 62.1 Å². The summed E-state index contributed by atoms with van der Waals surface area (Å²) in [6, 6.07) is 16.7. The molecule has 0 saturated carbocycles. The van der Waals surface area contributed by atoms with Crippen LogP contribution in [-0.2, 0) is 12.8 Å². The summed E-state index contributed by atoms with van der Waals surface area (Å²) in [5, 5.41) is 13.9. The van der Waals surface area contributed by atoms with Crippen LogP contribution in [0.4, 0.5) is 5.69 Å². The van der Waals surface area contributed by atoms with E-state index in [0.29, 0.717) is 5.70 Å². The zero-order chi connectivity index (χ0) is 20.2. The molecule has 2 nitrogen and oxygen atoms in total. The molecule has 0 aliphatic rings. The number of unbranched alkanes of at least 4 members (excludes halogenated alkanes) is 5. The van der Waals surface area contributed by atoms with Crippen molar-refractivity contribution in [1.82, 2.24) is 0 Å². The van der Waals surface area contributed by atoms with Crippen molar-refractivity contribution in [3.63, 3.8) is 0 Å². The van der Waals surface area contributed by atoms with Gasteiger partial charge in [0, 0.05) is 11.4 Å². The fourth-order valence-electron chi connectivity index (χ4n) is 3.41.